The number of aromatic nitrogens is 1. The number of carbonyl (C=O) groups excluding carboxylic acids is 1. The largest absolute Gasteiger partial charge is 0.497 e. The first-order chi connectivity index (χ1) is 14.8. The third-order valence-electron chi connectivity index (χ3n) is 4.47. The van der Waals surface area contributed by atoms with Crippen molar-refractivity contribution in [3.05, 3.63) is 72.6 Å². The molecule has 1 amide bonds. The van der Waals surface area contributed by atoms with Crippen molar-refractivity contribution in [1.29, 1.82) is 0 Å². The normalized spacial score (nSPS) is 10.9. The van der Waals surface area contributed by atoms with Crippen molar-refractivity contribution in [2.75, 3.05) is 30.4 Å². The molecule has 0 fully saturated rings. The van der Waals surface area contributed by atoms with Gasteiger partial charge in [0.15, 0.2) is 0 Å². The molecule has 0 saturated heterocycles. The maximum Gasteiger partial charge on any atom is 0.264 e. The van der Waals surface area contributed by atoms with Crippen LogP contribution in [0, 0.1) is 6.92 Å². The van der Waals surface area contributed by atoms with E-state index in [4.69, 9.17) is 9.47 Å². The number of anilines is 2. The molecular formula is C22H23N3O5S. The van der Waals surface area contributed by atoms with E-state index >= 15 is 0 Å². The summed E-state index contributed by atoms with van der Waals surface area (Å²) >= 11 is 0. The Morgan fingerprint density at radius 1 is 1.03 bits per heavy atom. The van der Waals surface area contributed by atoms with E-state index in [1.165, 1.54) is 38.6 Å². The summed E-state index contributed by atoms with van der Waals surface area (Å²) in [5.41, 5.74) is 1.44. The van der Waals surface area contributed by atoms with Crippen LogP contribution in [0.1, 0.15) is 5.69 Å². The minimum atomic E-state index is -4.08. The number of amides is 1. The minimum Gasteiger partial charge on any atom is -0.497 e. The zero-order valence-electron chi connectivity index (χ0n) is 17.4. The third kappa shape index (κ3) is 5.13. The number of methoxy groups -OCH3 is 2. The number of pyridine rings is 1. The smallest absolute Gasteiger partial charge is 0.264 e. The summed E-state index contributed by atoms with van der Waals surface area (Å²) in [4.78, 5) is 17.0. The van der Waals surface area contributed by atoms with Gasteiger partial charge in [-0.3, -0.25) is 14.1 Å². The molecule has 0 spiro atoms. The Kier molecular flexibility index (Phi) is 6.76. The molecule has 162 valence electrons. The van der Waals surface area contributed by atoms with Crippen LogP contribution >= 0.6 is 0 Å². The Morgan fingerprint density at radius 3 is 2.39 bits per heavy atom. The van der Waals surface area contributed by atoms with Crippen molar-refractivity contribution >= 4 is 27.3 Å². The lowest BCUT2D eigenvalue weighted by Crippen LogP contribution is -2.38. The molecule has 1 N–H and O–H groups in total. The summed E-state index contributed by atoms with van der Waals surface area (Å²) in [6.07, 6.45) is 1.51. The minimum absolute atomic E-state index is 0.0460. The first-order valence-electron chi connectivity index (χ1n) is 9.37. The molecule has 0 radical (unpaired) electrons. The molecular weight excluding hydrogens is 418 g/mol. The van der Waals surface area contributed by atoms with E-state index in [-0.39, 0.29) is 16.3 Å². The Morgan fingerprint density at radius 2 is 1.77 bits per heavy atom. The van der Waals surface area contributed by atoms with Gasteiger partial charge in [0, 0.05) is 11.8 Å². The quantitative estimate of drug-likeness (QED) is 0.576. The van der Waals surface area contributed by atoms with Crippen LogP contribution in [0.2, 0.25) is 0 Å². The number of rotatable bonds is 8. The molecule has 0 bridgehead atoms. The summed E-state index contributed by atoms with van der Waals surface area (Å²) < 4.78 is 38.6. The third-order valence-corrected chi connectivity index (χ3v) is 6.24. The second-order valence-electron chi connectivity index (χ2n) is 6.60. The maximum absolute atomic E-state index is 13.5. The number of hydrogen-bond donors (Lipinski definition) is 1. The van der Waals surface area contributed by atoms with Crippen LogP contribution in [0.15, 0.2) is 71.8 Å². The molecule has 0 saturated carbocycles. The topological polar surface area (TPSA) is 97.8 Å². The van der Waals surface area contributed by atoms with Crippen molar-refractivity contribution in [3.63, 3.8) is 0 Å². The van der Waals surface area contributed by atoms with Crippen LogP contribution in [0.25, 0.3) is 0 Å². The van der Waals surface area contributed by atoms with Gasteiger partial charge in [-0.25, -0.2) is 8.42 Å². The predicted octanol–water partition coefficient (Wildman–Crippen LogP) is 3.24. The van der Waals surface area contributed by atoms with Crippen molar-refractivity contribution < 1.29 is 22.7 Å². The Balaban J connectivity index is 2.03. The van der Waals surface area contributed by atoms with Gasteiger partial charge in [0.1, 0.15) is 18.0 Å². The molecule has 3 aromatic rings. The van der Waals surface area contributed by atoms with E-state index in [9.17, 15) is 13.2 Å². The number of benzene rings is 2. The molecule has 8 nitrogen and oxygen atoms in total. The Bertz CT molecular complexity index is 1150. The van der Waals surface area contributed by atoms with Crippen molar-refractivity contribution in [3.8, 4) is 11.5 Å². The van der Waals surface area contributed by atoms with E-state index < -0.39 is 22.5 Å². The first-order valence-corrected chi connectivity index (χ1v) is 10.8. The molecule has 0 aliphatic heterocycles. The molecule has 0 aliphatic carbocycles. The number of aryl methyl sites for hydroxylation is 1. The predicted molar refractivity (Wildman–Crippen MR) is 118 cm³/mol. The lowest BCUT2D eigenvalue weighted by molar-refractivity contribution is -0.114. The molecule has 2 aromatic carbocycles. The van der Waals surface area contributed by atoms with Crippen LogP contribution in [-0.2, 0) is 14.8 Å². The van der Waals surface area contributed by atoms with Gasteiger partial charge in [0.25, 0.3) is 10.0 Å². The highest BCUT2D eigenvalue weighted by molar-refractivity contribution is 7.92. The second-order valence-corrected chi connectivity index (χ2v) is 8.46. The lowest BCUT2D eigenvalue weighted by Gasteiger charge is -2.26. The maximum atomic E-state index is 13.5. The zero-order chi connectivity index (χ0) is 22.4. The summed E-state index contributed by atoms with van der Waals surface area (Å²) in [5, 5.41) is 2.68. The standard InChI is InChI=1S/C22H23N3O5S/c1-16-9-10-17(14-23-16)24-22(26)15-25(31(27,28)19-7-5-4-6-8-19)20-13-18(29-2)11-12-21(20)30-3/h4-14H,15H2,1-3H3,(H,24,26). The fourth-order valence-electron chi connectivity index (χ4n) is 2.88. The van der Waals surface area contributed by atoms with Crippen molar-refractivity contribution in [2.24, 2.45) is 0 Å². The molecule has 9 heteroatoms. The van der Waals surface area contributed by atoms with E-state index in [1.54, 1.807) is 42.5 Å². The Labute approximate surface area is 181 Å². The van der Waals surface area contributed by atoms with E-state index in [2.05, 4.69) is 10.3 Å². The van der Waals surface area contributed by atoms with Crippen LogP contribution < -0.4 is 19.1 Å². The number of nitrogens with zero attached hydrogens (tertiary/aromatic N) is 2. The van der Waals surface area contributed by atoms with Crippen LogP contribution in [-0.4, -0.2) is 40.1 Å². The van der Waals surface area contributed by atoms with Gasteiger partial charge >= 0.3 is 0 Å². The average molecular weight is 442 g/mol. The summed E-state index contributed by atoms with van der Waals surface area (Å²) in [7, 11) is -1.19. The van der Waals surface area contributed by atoms with Gasteiger partial charge in [-0.1, -0.05) is 18.2 Å². The number of nitrogens with one attached hydrogen (secondary N) is 1. The van der Waals surface area contributed by atoms with Gasteiger partial charge in [-0.2, -0.15) is 0 Å². The zero-order valence-corrected chi connectivity index (χ0v) is 18.2. The summed E-state index contributed by atoms with van der Waals surface area (Å²) in [6, 6.07) is 16.1. The number of carbonyl (C=O) groups is 1. The van der Waals surface area contributed by atoms with Crippen LogP contribution in [0.4, 0.5) is 11.4 Å². The van der Waals surface area contributed by atoms with Gasteiger partial charge in [0.05, 0.1) is 36.7 Å². The van der Waals surface area contributed by atoms with Gasteiger partial charge in [-0.05, 0) is 43.3 Å². The Hall–Kier alpha value is -3.59. The van der Waals surface area contributed by atoms with Gasteiger partial charge in [0.2, 0.25) is 5.91 Å². The molecule has 0 atom stereocenters. The van der Waals surface area contributed by atoms with E-state index in [1.807, 2.05) is 6.92 Å². The first kappa shape index (κ1) is 22.1. The molecule has 1 aromatic heterocycles. The highest BCUT2D eigenvalue weighted by Crippen LogP contribution is 2.35. The fraction of sp³-hybridized carbons (Fsp3) is 0.182. The molecule has 1 heterocycles. The van der Waals surface area contributed by atoms with Gasteiger partial charge < -0.3 is 14.8 Å². The van der Waals surface area contributed by atoms with E-state index in [0.29, 0.717) is 11.4 Å². The number of ether oxygens (including phenoxy) is 2. The molecule has 31 heavy (non-hydrogen) atoms. The highest BCUT2D eigenvalue weighted by Gasteiger charge is 2.30. The average Bonchev–Trinajstić information content (AvgIpc) is 2.79. The van der Waals surface area contributed by atoms with Crippen LogP contribution in [0.3, 0.4) is 0 Å². The second kappa shape index (κ2) is 9.48. The molecule has 0 unspecified atom stereocenters. The fourth-order valence-corrected chi connectivity index (χ4v) is 4.33. The number of sulfonamides is 1. The lowest BCUT2D eigenvalue weighted by atomic mass is 10.2. The number of hydrogen-bond acceptors (Lipinski definition) is 6. The highest BCUT2D eigenvalue weighted by atomic mass is 32.2. The van der Waals surface area contributed by atoms with E-state index in [0.717, 1.165) is 10.00 Å². The van der Waals surface area contributed by atoms with Gasteiger partial charge in [-0.15, -0.1) is 0 Å². The van der Waals surface area contributed by atoms with Crippen molar-refractivity contribution in [2.45, 2.75) is 11.8 Å². The monoisotopic (exact) mass is 441 g/mol. The summed E-state index contributed by atoms with van der Waals surface area (Å²) in [6.45, 7) is 1.35. The molecule has 3 rings (SSSR count). The van der Waals surface area contributed by atoms with Crippen LogP contribution in [0.5, 0.6) is 11.5 Å². The summed E-state index contributed by atoms with van der Waals surface area (Å²) in [5.74, 6) is 0.173. The SMILES string of the molecule is COc1ccc(OC)c(N(CC(=O)Nc2ccc(C)nc2)S(=O)(=O)c2ccccc2)c1. The molecule has 0 aliphatic rings. The van der Waals surface area contributed by atoms with Crippen molar-refractivity contribution in [1.82, 2.24) is 4.98 Å².